The Kier molecular flexibility index (Phi) is 3.70. The molecule has 1 unspecified atom stereocenters. The normalized spacial score (nSPS) is 22.1. The van der Waals surface area contributed by atoms with Crippen LogP contribution in [0.5, 0.6) is 0 Å². The van der Waals surface area contributed by atoms with Crippen LogP contribution in [-0.2, 0) is 14.8 Å². The van der Waals surface area contributed by atoms with Crippen LogP contribution in [0.15, 0.2) is 23.1 Å². The molecule has 1 aromatic rings. The Hall–Kier alpha value is -0.980. The van der Waals surface area contributed by atoms with Crippen LogP contribution in [0.3, 0.4) is 0 Å². The predicted molar refractivity (Wildman–Crippen MR) is 65.3 cm³/mol. The first-order valence-corrected chi connectivity index (χ1v) is 7.22. The van der Waals surface area contributed by atoms with Crippen molar-refractivity contribution >= 4 is 10.0 Å². The molecule has 6 heteroatoms. The van der Waals surface area contributed by atoms with Crippen molar-refractivity contribution in [2.45, 2.75) is 24.8 Å². The fourth-order valence-electron chi connectivity index (χ4n) is 1.98. The van der Waals surface area contributed by atoms with Gasteiger partial charge in [-0.2, -0.15) is 4.31 Å². The van der Waals surface area contributed by atoms with Gasteiger partial charge in [0.25, 0.3) is 0 Å². The van der Waals surface area contributed by atoms with E-state index in [2.05, 4.69) is 0 Å². The third-order valence-corrected chi connectivity index (χ3v) is 5.05. The van der Waals surface area contributed by atoms with Crippen LogP contribution in [0, 0.1) is 12.7 Å². The van der Waals surface area contributed by atoms with E-state index >= 15 is 0 Å². The lowest BCUT2D eigenvalue weighted by Crippen LogP contribution is -2.46. The molecule has 0 aliphatic carbocycles. The van der Waals surface area contributed by atoms with Crippen LogP contribution in [0.4, 0.5) is 4.39 Å². The number of morpholine rings is 1. The summed E-state index contributed by atoms with van der Waals surface area (Å²) in [7, 11) is -3.56. The summed E-state index contributed by atoms with van der Waals surface area (Å²) in [6, 6.07) is 3.66. The van der Waals surface area contributed by atoms with Crippen molar-refractivity contribution in [2.24, 2.45) is 0 Å². The number of aryl methyl sites for hydroxylation is 1. The third kappa shape index (κ3) is 2.41. The number of benzene rings is 1. The molecule has 0 radical (unpaired) electrons. The van der Waals surface area contributed by atoms with Gasteiger partial charge in [0.2, 0.25) is 10.0 Å². The maximum Gasteiger partial charge on any atom is 0.243 e. The molecule has 1 heterocycles. The summed E-state index contributed by atoms with van der Waals surface area (Å²) >= 11 is 0. The molecule has 1 aromatic carbocycles. The maximum atomic E-state index is 13.2. The molecule has 1 atom stereocenters. The minimum absolute atomic E-state index is 0.134. The average molecular weight is 273 g/mol. The summed E-state index contributed by atoms with van der Waals surface area (Å²) in [6.07, 6.45) is 0. The van der Waals surface area contributed by atoms with E-state index in [0.717, 1.165) is 0 Å². The van der Waals surface area contributed by atoms with Gasteiger partial charge in [-0.1, -0.05) is 0 Å². The number of halogens is 1. The molecule has 1 aliphatic heterocycles. The van der Waals surface area contributed by atoms with Crippen molar-refractivity contribution in [3.63, 3.8) is 0 Å². The summed E-state index contributed by atoms with van der Waals surface area (Å²) in [5, 5.41) is 0. The van der Waals surface area contributed by atoms with Gasteiger partial charge >= 0.3 is 0 Å². The summed E-state index contributed by atoms with van der Waals surface area (Å²) < 4.78 is 44.6. The number of hydrogen-bond donors (Lipinski definition) is 0. The van der Waals surface area contributed by atoms with Crippen molar-refractivity contribution in [1.82, 2.24) is 4.31 Å². The molecule has 0 aromatic heterocycles. The topological polar surface area (TPSA) is 46.6 Å². The van der Waals surface area contributed by atoms with Gasteiger partial charge in [0.15, 0.2) is 0 Å². The molecule has 0 saturated carbocycles. The second kappa shape index (κ2) is 4.95. The largest absolute Gasteiger partial charge is 0.378 e. The Bertz CT molecular complexity index is 544. The Morgan fingerprint density at radius 1 is 1.44 bits per heavy atom. The molecule has 4 nitrogen and oxygen atoms in total. The monoisotopic (exact) mass is 273 g/mol. The van der Waals surface area contributed by atoms with Gasteiger partial charge in [-0.25, -0.2) is 12.8 Å². The van der Waals surface area contributed by atoms with Crippen molar-refractivity contribution < 1.29 is 17.5 Å². The van der Waals surface area contributed by atoms with Gasteiger partial charge in [-0.05, 0) is 37.6 Å². The predicted octanol–water partition coefficient (Wildman–Crippen LogP) is 1.54. The van der Waals surface area contributed by atoms with Crippen LogP contribution in [0.25, 0.3) is 0 Å². The smallest absolute Gasteiger partial charge is 0.243 e. The van der Waals surface area contributed by atoms with E-state index in [4.69, 9.17) is 4.74 Å². The highest BCUT2D eigenvalue weighted by molar-refractivity contribution is 7.89. The summed E-state index contributed by atoms with van der Waals surface area (Å²) in [5.41, 5.74) is 0.331. The molecule has 18 heavy (non-hydrogen) atoms. The summed E-state index contributed by atoms with van der Waals surface area (Å²) in [6.45, 7) is 4.47. The Morgan fingerprint density at radius 2 is 2.17 bits per heavy atom. The van der Waals surface area contributed by atoms with E-state index in [9.17, 15) is 12.8 Å². The molecule has 0 amide bonds. The standard InChI is InChI=1S/C12H16FNO3S/c1-9-7-11(3-4-12(9)13)18(15,16)14-5-6-17-8-10(14)2/h3-4,7,10H,5-6,8H2,1-2H3. The average Bonchev–Trinajstić information content (AvgIpc) is 2.33. The first-order valence-electron chi connectivity index (χ1n) is 5.78. The second-order valence-electron chi connectivity index (χ2n) is 4.45. The van der Waals surface area contributed by atoms with Gasteiger partial charge in [0.05, 0.1) is 18.1 Å². The van der Waals surface area contributed by atoms with Crippen molar-refractivity contribution in [1.29, 1.82) is 0 Å². The van der Waals surface area contributed by atoms with E-state index in [-0.39, 0.29) is 10.9 Å². The Morgan fingerprint density at radius 3 is 2.78 bits per heavy atom. The molecule has 0 bridgehead atoms. The lowest BCUT2D eigenvalue weighted by molar-refractivity contribution is 0.0392. The minimum atomic E-state index is -3.56. The third-order valence-electron chi connectivity index (χ3n) is 3.04. The first kappa shape index (κ1) is 13.5. The fraction of sp³-hybridized carbons (Fsp3) is 0.500. The van der Waals surface area contributed by atoms with Gasteiger partial charge in [0, 0.05) is 12.6 Å². The first-order chi connectivity index (χ1) is 8.43. The number of sulfonamides is 1. The van der Waals surface area contributed by atoms with Crippen LogP contribution in [-0.4, -0.2) is 38.5 Å². The van der Waals surface area contributed by atoms with Crippen LogP contribution < -0.4 is 0 Å². The van der Waals surface area contributed by atoms with Crippen molar-refractivity contribution in [2.75, 3.05) is 19.8 Å². The minimum Gasteiger partial charge on any atom is -0.378 e. The molecule has 0 N–H and O–H groups in total. The van der Waals surface area contributed by atoms with Crippen LogP contribution >= 0.6 is 0 Å². The van der Waals surface area contributed by atoms with Crippen molar-refractivity contribution in [3.05, 3.63) is 29.6 Å². The highest BCUT2D eigenvalue weighted by atomic mass is 32.2. The van der Waals surface area contributed by atoms with E-state index in [1.807, 2.05) is 0 Å². The molecule has 100 valence electrons. The summed E-state index contributed by atoms with van der Waals surface area (Å²) in [5.74, 6) is -0.399. The van der Waals surface area contributed by atoms with Gasteiger partial charge in [-0.3, -0.25) is 0 Å². The number of ether oxygens (including phenoxy) is 1. The molecular weight excluding hydrogens is 257 g/mol. The summed E-state index contributed by atoms with van der Waals surface area (Å²) in [4.78, 5) is 0.134. The van der Waals surface area contributed by atoms with Crippen LogP contribution in [0.2, 0.25) is 0 Å². The Labute approximate surface area is 106 Å². The van der Waals surface area contributed by atoms with E-state index in [1.165, 1.54) is 22.5 Å². The van der Waals surface area contributed by atoms with E-state index in [0.29, 0.717) is 25.3 Å². The number of hydrogen-bond acceptors (Lipinski definition) is 3. The highest BCUT2D eigenvalue weighted by Crippen LogP contribution is 2.22. The quantitative estimate of drug-likeness (QED) is 0.821. The molecule has 1 aliphatic rings. The molecule has 1 fully saturated rings. The highest BCUT2D eigenvalue weighted by Gasteiger charge is 2.31. The zero-order valence-electron chi connectivity index (χ0n) is 10.4. The SMILES string of the molecule is Cc1cc(S(=O)(=O)N2CCOCC2C)ccc1F. The molecule has 2 rings (SSSR count). The zero-order valence-corrected chi connectivity index (χ0v) is 11.2. The van der Waals surface area contributed by atoms with E-state index < -0.39 is 15.8 Å². The lowest BCUT2D eigenvalue weighted by atomic mass is 10.2. The molecular formula is C12H16FNO3S. The maximum absolute atomic E-state index is 13.2. The zero-order chi connectivity index (χ0) is 13.3. The Balaban J connectivity index is 2.37. The fourth-order valence-corrected chi connectivity index (χ4v) is 3.67. The van der Waals surface area contributed by atoms with Gasteiger partial charge < -0.3 is 4.74 Å². The molecule has 0 spiro atoms. The van der Waals surface area contributed by atoms with E-state index in [1.54, 1.807) is 13.8 Å². The number of rotatable bonds is 2. The second-order valence-corrected chi connectivity index (χ2v) is 6.34. The van der Waals surface area contributed by atoms with Crippen LogP contribution in [0.1, 0.15) is 12.5 Å². The number of nitrogens with zero attached hydrogens (tertiary/aromatic N) is 1. The van der Waals surface area contributed by atoms with Gasteiger partial charge in [0.1, 0.15) is 5.82 Å². The van der Waals surface area contributed by atoms with Gasteiger partial charge in [-0.15, -0.1) is 0 Å². The molecule has 1 saturated heterocycles. The van der Waals surface area contributed by atoms with Crippen molar-refractivity contribution in [3.8, 4) is 0 Å². The lowest BCUT2D eigenvalue weighted by Gasteiger charge is -2.32.